The third-order valence-corrected chi connectivity index (χ3v) is 4.01. The highest BCUT2D eigenvalue weighted by molar-refractivity contribution is 5.86. The molecule has 3 N–H and O–H groups in total. The molecule has 0 radical (unpaired) electrons. The highest BCUT2D eigenvalue weighted by Gasteiger charge is 2.40. The molecule has 0 unspecified atom stereocenters. The van der Waals surface area contributed by atoms with Gasteiger partial charge in [-0.3, -0.25) is 9.69 Å². The van der Waals surface area contributed by atoms with Crippen molar-refractivity contribution in [3.8, 4) is 0 Å². The second-order valence-electron chi connectivity index (χ2n) is 7.21. The Morgan fingerprint density at radius 1 is 1.18 bits per heavy atom. The fourth-order valence-electron chi connectivity index (χ4n) is 2.93. The van der Waals surface area contributed by atoms with Crippen LogP contribution in [-0.4, -0.2) is 70.3 Å². The number of amides is 2. The molecule has 0 bridgehead atoms. The fourth-order valence-corrected chi connectivity index (χ4v) is 2.93. The molecule has 2 aliphatic heterocycles. The molecule has 0 aliphatic carbocycles. The van der Waals surface area contributed by atoms with Crippen molar-refractivity contribution in [3.63, 3.8) is 0 Å². The van der Waals surface area contributed by atoms with E-state index in [0.29, 0.717) is 38.9 Å². The summed E-state index contributed by atoms with van der Waals surface area (Å²) in [6.07, 6.45) is 0.855. The van der Waals surface area contributed by atoms with E-state index in [1.165, 1.54) is 4.90 Å². The smallest absolute Gasteiger partial charge is 0.411 e. The number of nitrogens with two attached hydrogens (primary N) is 1. The van der Waals surface area contributed by atoms with Crippen LogP contribution in [-0.2, 0) is 9.53 Å². The summed E-state index contributed by atoms with van der Waals surface area (Å²) in [5, 5.41) is 9.60. The predicted octanol–water partition coefficient (Wildman–Crippen LogP) is 0.306. The standard InChI is InChI=1S/C15H27N3O4/c1-15(2,3)22-14(21)18-8-10(16)4-5-12(18)13(20)17-7-6-11(19)9-17/h10-12,19H,4-9,16H2,1-3H3/t10-,11-,12+/m0/s1. The number of ether oxygens (including phenoxy) is 1. The summed E-state index contributed by atoms with van der Waals surface area (Å²) in [7, 11) is 0. The fraction of sp³-hybridized carbons (Fsp3) is 0.867. The number of aliphatic hydroxyl groups excluding tert-OH is 1. The minimum absolute atomic E-state index is 0.116. The van der Waals surface area contributed by atoms with Crippen LogP contribution in [0, 0.1) is 0 Å². The molecule has 7 heteroatoms. The number of hydrogen-bond acceptors (Lipinski definition) is 5. The van der Waals surface area contributed by atoms with Gasteiger partial charge < -0.3 is 20.5 Å². The number of aliphatic hydroxyl groups is 1. The average molecular weight is 313 g/mol. The van der Waals surface area contributed by atoms with Crippen molar-refractivity contribution in [2.45, 2.75) is 63.8 Å². The van der Waals surface area contributed by atoms with Crippen molar-refractivity contribution >= 4 is 12.0 Å². The van der Waals surface area contributed by atoms with Gasteiger partial charge in [0.05, 0.1) is 6.10 Å². The number of nitrogens with zero attached hydrogens (tertiary/aromatic N) is 2. The molecule has 126 valence electrons. The first-order valence-corrected chi connectivity index (χ1v) is 7.89. The highest BCUT2D eigenvalue weighted by atomic mass is 16.6. The van der Waals surface area contributed by atoms with E-state index >= 15 is 0 Å². The summed E-state index contributed by atoms with van der Waals surface area (Å²) >= 11 is 0. The minimum atomic E-state index is -0.615. The zero-order chi connectivity index (χ0) is 16.5. The van der Waals surface area contributed by atoms with Gasteiger partial charge in [-0.2, -0.15) is 0 Å². The Morgan fingerprint density at radius 3 is 2.41 bits per heavy atom. The van der Waals surface area contributed by atoms with Gasteiger partial charge in [-0.1, -0.05) is 0 Å². The van der Waals surface area contributed by atoms with Crippen molar-refractivity contribution < 1.29 is 19.4 Å². The predicted molar refractivity (Wildman–Crippen MR) is 81.1 cm³/mol. The van der Waals surface area contributed by atoms with Crippen molar-refractivity contribution in [3.05, 3.63) is 0 Å². The van der Waals surface area contributed by atoms with Crippen LogP contribution in [0.2, 0.25) is 0 Å². The zero-order valence-corrected chi connectivity index (χ0v) is 13.6. The van der Waals surface area contributed by atoms with E-state index in [4.69, 9.17) is 10.5 Å². The van der Waals surface area contributed by atoms with E-state index in [-0.39, 0.29) is 11.9 Å². The van der Waals surface area contributed by atoms with Gasteiger partial charge in [0, 0.05) is 25.7 Å². The molecule has 2 amide bonds. The number of carbonyl (C=O) groups excluding carboxylic acids is 2. The monoisotopic (exact) mass is 313 g/mol. The van der Waals surface area contributed by atoms with Crippen LogP contribution < -0.4 is 5.73 Å². The molecule has 0 aromatic rings. The molecule has 2 heterocycles. The molecule has 0 saturated carbocycles. The summed E-state index contributed by atoms with van der Waals surface area (Å²) < 4.78 is 5.40. The number of β-amino-alcohol motifs (C(OH)–C–C–N with tert-alkyl or cyclic N) is 1. The average Bonchev–Trinajstić information content (AvgIpc) is 2.82. The van der Waals surface area contributed by atoms with Gasteiger partial charge in [0.15, 0.2) is 0 Å². The summed E-state index contributed by atoms with van der Waals surface area (Å²) in [6, 6.07) is -0.680. The molecule has 2 aliphatic rings. The molecule has 0 spiro atoms. The maximum Gasteiger partial charge on any atom is 0.411 e. The maximum atomic E-state index is 12.7. The van der Waals surface area contributed by atoms with Gasteiger partial charge in [0.2, 0.25) is 5.91 Å². The van der Waals surface area contributed by atoms with E-state index in [1.807, 2.05) is 0 Å². The van der Waals surface area contributed by atoms with Crippen LogP contribution >= 0.6 is 0 Å². The summed E-state index contributed by atoms with van der Waals surface area (Å²) in [4.78, 5) is 28.1. The lowest BCUT2D eigenvalue weighted by atomic mass is 9.98. The zero-order valence-electron chi connectivity index (χ0n) is 13.6. The van der Waals surface area contributed by atoms with Crippen LogP contribution in [0.1, 0.15) is 40.0 Å². The van der Waals surface area contributed by atoms with Crippen LogP contribution in [0.15, 0.2) is 0 Å². The van der Waals surface area contributed by atoms with Gasteiger partial charge in [-0.15, -0.1) is 0 Å². The molecule has 7 nitrogen and oxygen atoms in total. The first-order chi connectivity index (χ1) is 10.2. The van der Waals surface area contributed by atoms with E-state index < -0.39 is 23.8 Å². The molecule has 2 rings (SSSR count). The van der Waals surface area contributed by atoms with Gasteiger partial charge in [0.25, 0.3) is 0 Å². The Labute approximate surface area is 131 Å². The Morgan fingerprint density at radius 2 is 1.86 bits per heavy atom. The summed E-state index contributed by atoms with van der Waals surface area (Å²) in [5.74, 6) is -0.116. The van der Waals surface area contributed by atoms with Crippen LogP contribution in [0.4, 0.5) is 4.79 Å². The van der Waals surface area contributed by atoms with E-state index in [1.54, 1.807) is 25.7 Å². The molecule has 3 atom stereocenters. The normalized spacial score (nSPS) is 29.6. The summed E-state index contributed by atoms with van der Waals surface area (Å²) in [5.41, 5.74) is 5.34. The van der Waals surface area contributed by atoms with E-state index in [0.717, 1.165) is 0 Å². The van der Waals surface area contributed by atoms with Gasteiger partial charge in [-0.25, -0.2) is 4.79 Å². The van der Waals surface area contributed by atoms with Crippen molar-refractivity contribution in [2.75, 3.05) is 19.6 Å². The van der Waals surface area contributed by atoms with Gasteiger partial charge >= 0.3 is 6.09 Å². The van der Waals surface area contributed by atoms with Crippen molar-refractivity contribution in [2.24, 2.45) is 5.73 Å². The Hall–Kier alpha value is -1.34. The van der Waals surface area contributed by atoms with Crippen LogP contribution in [0.3, 0.4) is 0 Å². The third-order valence-electron chi connectivity index (χ3n) is 4.01. The van der Waals surface area contributed by atoms with Gasteiger partial charge in [-0.05, 0) is 40.0 Å². The molecule has 22 heavy (non-hydrogen) atoms. The number of likely N-dealkylation sites (tertiary alicyclic amines) is 2. The molecule has 2 saturated heterocycles. The Balaban J connectivity index is 2.09. The SMILES string of the molecule is CC(C)(C)OC(=O)N1C[C@@H](N)CC[C@@H]1C(=O)N1CC[C@H](O)C1. The van der Waals surface area contributed by atoms with Crippen molar-refractivity contribution in [1.29, 1.82) is 0 Å². The van der Waals surface area contributed by atoms with Crippen LogP contribution in [0.5, 0.6) is 0 Å². The first kappa shape index (κ1) is 17.0. The van der Waals surface area contributed by atoms with E-state index in [2.05, 4.69) is 0 Å². The second kappa shape index (κ2) is 6.42. The molecule has 0 aromatic carbocycles. The number of carbonyl (C=O) groups is 2. The van der Waals surface area contributed by atoms with E-state index in [9.17, 15) is 14.7 Å². The first-order valence-electron chi connectivity index (χ1n) is 7.89. The minimum Gasteiger partial charge on any atom is -0.444 e. The lowest BCUT2D eigenvalue weighted by Gasteiger charge is -2.39. The molecular formula is C15H27N3O4. The largest absolute Gasteiger partial charge is 0.444 e. The number of piperidine rings is 1. The molecular weight excluding hydrogens is 286 g/mol. The van der Waals surface area contributed by atoms with Crippen molar-refractivity contribution in [1.82, 2.24) is 9.80 Å². The lowest BCUT2D eigenvalue weighted by Crippen LogP contribution is -2.58. The highest BCUT2D eigenvalue weighted by Crippen LogP contribution is 2.23. The summed E-state index contributed by atoms with van der Waals surface area (Å²) in [6.45, 7) is 6.57. The van der Waals surface area contributed by atoms with Gasteiger partial charge in [0.1, 0.15) is 11.6 Å². The van der Waals surface area contributed by atoms with Crippen LogP contribution in [0.25, 0.3) is 0 Å². The topological polar surface area (TPSA) is 96.1 Å². The quantitative estimate of drug-likeness (QED) is 0.726. The number of rotatable bonds is 1. The molecule has 2 fully saturated rings. The lowest BCUT2D eigenvalue weighted by molar-refractivity contribution is -0.137. The second-order valence-corrected chi connectivity index (χ2v) is 7.21. The Kier molecular flexibility index (Phi) is 4.97. The maximum absolute atomic E-state index is 12.7. The third kappa shape index (κ3) is 4.10. The molecule has 0 aromatic heterocycles. The number of hydrogen-bond donors (Lipinski definition) is 2. The Bertz CT molecular complexity index is 435.